The molecule has 5 heteroatoms. The number of carbonyl (C=O) groups is 1. The van der Waals surface area contributed by atoms with Gasteiger partial charge < -0.3 is 9.72 Å². The molecule has 0 bridgehead atoms. The van der Waals surface area contributed by atoms with Gasteiger partial charge in [0.25, 0.3) is 5.56 Å². The molecule has 1 heterocycles. The number of Topliss-reactive ketones (excluding diaryl/α,β-unsaturated/α-hetero) is 1. The number of methoxy groups -OCH3 is 1. The maximum absolute atomic E-state index is 11.8. The maximum atomic E-state index is 11.8. The fourth-order valence-electron chi connectivity index (χ4n) is 1.86. The molecule has 1 aromatic heterocycles. The van der Waals surface area contributed by atoms with Gasteiger partial charge in [-0.3, -0.25) is 9.59 Å². The minimum Gasteiger partial charge on any atom is -0.496 e. The Kier molecular flexibility index (Phi) is 3.39. The molecule has 0 saturated heterocycles. The van der Waals surface area contributed by atoms with Crippen LogP contribution in [0.1, 0.15) is 12.5 Å². The van der Waals surface area contributed by atoms with Crippen molar-refractivity contribution in [3.63, 3.8) is 0 Å². The molecule has 1 N–H and O–H groups in total. The first-order chi connectivity index (χ1) is 8.52. The Labute approximate surface area is 109 Å². The van der Waals surface area contributed by atoms with Gasteiger partial charge in [0.05, 0.1) is 17.6 Å². The Morgan fingerprint density at radius 2 is 2.17 bits per heavy atom. The third-order valence-electron chi connectivity index (χ3n) is 2.66. The third-order valence-corrected chi connectivity index (χ3v) is 2.98. The van der Waals surface area contributed by atoms with Crippen LogP contribution in [-0.4, -0.2) is 17.9 Å². The Morgan fingerprint density at radius 1 is 1.44 bits per heavy atom. The van der Waals surface area contributed by atoms with Crippen molar-refractivity contribution >= 4 is 28.3 Å². The summed E-state index contributed by atoms with van der Waals surface area (Å²) in [7, 11) is 1.54. The first kappa shape index (κ1) is 12.6. The fraction of sp³-hybridized carbons (Fsp3) is 0.231. The number of fused-ring (bicyclic) bond motifs is 1. The van der Waals surface area contributed by atoms with Crippen LogP contribution in [0.2, 0.25) is 5.02 Å². The van der Waals surface area contributed by atoms with E-state index in [1.54, 1.807) is 25.3 Å². The first-order valence-electron chi connectivity index (χ1n) is 5.40. The van der Waals surface area contributed by atoms with Crippen LogP contribution >= 0.6 is 11.6 Å². The molecule has 18 heavy (non-hydrogen) atoms. The van der Waals surface area contributed by atoms with Gasteiger partial charge in [-0.2, -0.15) is 0 Å². The number of aromatic nitrogens is 1. The summed E-state index contributed by atoms with van der Waals surface area (Å²) in [5, 5.41) is 1.14. The van der Waals surface area contributed by atoms with Crippen LogP contribution in [-0.2, 0) is 11.2 Å². The Bertz CT molecular complexity index is 676. The van der Waals surface area contributed by atoms with Gasteiger partial charge in [-0.15, -0.1) is 0 Å². The number of carbonyl (C=O) groups excluding carboxylic acids is 1. The second-order valence-electron chi connectivity index (χ2n) is 4.04. The number of rotatable bonds is 3. The van der Waals surface area contributed by atoms with Crippen LogP contribution in [0, 0.1) is 0 Å². The maximum Gasteiger partial charge on any atom is 0.252 e. The van der Waals surface area contributed by atoms with Crippen molar-refractivity contribution in [3.05, 3.63) is 39.1 Å². The monoisotopic (exact) mass is 265 g/mol. The van der Waals surface area contributed by atoms with Crippen molar-refractivity contribution in [1.29, 1.82) is 0 Å². The average molecular weight is 266 g/mol. The van der Waals surface area contributed by atoms with E-state index in [0.29, 0.717) is 27.2 Å². The van der Waals surface area contributed by atoms with Gasteiger partial charge in [0, 0.05) is 17.4 Å². The van der Waals surface area contributed by atoms with E-state index in [0.717, 1.165) is 0 Å². The SMILES string of the molecule is COc1ccc(Cl)c2[nH]c(=O)c(CC(C)=O)cc12. The molecule has 0 spiro atoms. The molecule has 2 rings (SSSR count). The van der Waals surface area contributed by atoms with Gasteiger partial charge in [-0.05, 0) is 25.1 Å². The van der Waals surface area contributed by atoms with Gasteiger partial charge in [0.2, 0.25) is 0 Å². The summed E-state index contributed by atoms with van der Waals surface area (Å²) < 4.78 is 5.22. The fourth-order valence-corrected chi connectivity index (χ4v) is 2.07. The van der Waals surface area contributed by atoms with Crippen molar-refractivity contribution in [2.75, 3.05) is 7.11 Å². The lowest BCUT2D eigenvalue weighted by molar-refractivity contribution is -0.116. The smallest absolute Gasteiger partial charge is 0.252 e. The minimum atomic E-state index is -0.298. The number of hydrogen-bond acceptors (Lipinski definition) is 3. The van der Waals surface area contributed by atoms with Gasteiger partial charge in [0.15, 0.2) is 0 Å². The predicted molar refractivity (Wildman–Crippen MR) is 70.5 cm³/mol. The Morgan fingerprint density at radius 3 is 2.78 bits per heavy atom. The van der Waals surface area contributed by atoms with E-state index < -0.39 is 0 Å². The van der Waals surface area contributed by atoms with Gasteiger partial charge in [-0.25, -0.2) is 0 Å². The highest BCUT2D eigenvalue weighted by molar-refractivity contribution is 6.35. The van der Waals surface area contributed by atoms with Crippen molar-refractivity contribution in [2.45, 2.75) is 13.3 Å². The summed E-state index contributed by atoms with van der Waals surface area (Å²) in [5.41, 5.74) is 0.636. The molecule has 0 atom stereocenters. The molecular formula is C13H12ClNO3. The van der Waals surface area contributed by atoms with E-state index in [1.165, 1.54) is 6.92 Å². The molecule has 0 amide bonds. The lowest BCUT2D eigenvalue weighted by Crippen LogP contribution is -2.15. The summed E-state index contributed by atoms with van der Waals surface area (Å²) in [6.07, 6.45) is 0.0982. The topological polar surface area (TPSA) is 59.2 Å². The van der Waals surface area contributed by atoms with E-state index in [1.807, 2.05) is 0 Å². The van der Waals surface area contributed by atoms with Crippen LogP contribution in [0.5, 0.6) is 5.75 Å². The van der Waals surface area contributed by atoms with Crippen LogP contribution < -0.4 is 10.3 Å². The second-order valence-corrected chi connectivity index (χ2v) is 4.45. The van der Waals surface area contributed by atoms with Crippen LogP contribution in [0.3, 0.4) is 0 Å². The lowest BCUT2D eigenvalue weighted by Gasteiger charge is -2.08. The molecule has 0 fully saturated rings. The lowest BCUT2D eigenvalue weighted by atomic mass is 10.1. The van der Waals surface area contributed by atoms with Gasteiger partial charge in [-0.1, -0.05) is 11.6 Å². The molecule has 94 valence electrons. The summed E-state index contributed by atoms with van der Waals surface area (Å²) in [5.74, 6) is 0.538. The van der Waals surface area contributed by atoms with Crippen LogP contribution in [0.25, 0.3) is 10.9 Å². The van der Waals surface area contributed by atoms with E-state index in [2.05, 4.69) is 4.98 Å². The zero-order valence-electron chi connectivity index (χ0n) is 10.0. The van der Waals surface area contributed by atoms with E-state index in [-0.39, 0.29) is 17.8 Å². The number of benzene rings is 1. The summed E-state index contributed by atoms with van der Waals surface area (Å²) >= 11 is 6.02. The number of halogens is 1. The minimum absolute atomic E-state index is 0.0687. The van der Waals surface area contributed by atoms with E-state index in [4.69, 9.17) is 16.3 Å². The molecule has 2 aromatic rings. The molecule has 0 aliphatic heterocycles. The number of H-pyrrole nitrogens is 1. The van der Waals surface area contributed by atoms with Crippen LogP contribution in [0.15, 0.2) is 23.0 Å². The van der Waals surface area contributed by atoms with Crippen molar-refractivity contribution in [3.8, 4) is 5.75 Å². The van der Waals surface area contributed by atoms with Crippen molar-refractivity contribution in [2.24, 2.45) is 0 Å². The largest absolute Gasteiger partial charge is 0.496 e. The number of ether oxygens (including phenoxy) is 1. The number of aromatic amines is 1. The highest BCUT2D eigenvalue weighted by atomic mass is 35.5. The third kappa shape index (κ3) is 2.24. The zero-order valence-corrected chi connectivity index (χ0v) is 10.8. The molecule has 0 aliphatic rings. The molecule has 0 unspecified atom stereocenters. The van der Waals surface area contributed by atoms with E-state index >= 15 is 0 Å². The highest BCUT2D eigenvalue weighted by Crippen LogP contribution is 2.29. The van der Waals surface area contributed by atoms with Gasteiger partial charge in [0.1, 0.15) is 11.5 Å². The molecule has 4 nitrogen and oxygen atoms in total. The van der Waals surface area contributed by atoms with Crippen molar-refractivity contribution < 1.29 is 9.53 Å². The normalized spacial score (nSPS) is 10.6. The second kappa shape index (κ2) is 4.82. The molecular weight excluding hydrogens is 254 g/mol. The molecule has 0 aliphatic carbocycles. The number of nitrogens with one attached hydrogen (secondary N) is 1. The summed E-state index contributed by atoms with van der Waals surface area (Å²) in [4.78, 5) is 25.6. The highest BCUT2D eigenvalue weighted by Gasteiger charge is 2.11. The number of ketones is 1. The molecule has 0 radical (unpaired) electrons. The standard InChI is InChI=1S/C13H12ClNO3/c1-7(16)5-8-6-9-11(18-2)4-3-10(14)12(9)15-13(8)17/h3-4,6H,5H2,1-2H3,(H,15,17). The summed E-state index contributed by atoms with van der Waals surface area (Å²) in [6, 6.07) is 5.03. The quantitative estimate of drug-likeness (QED) is 0.927. The first-order valence-corrected chi connectivity index (χ1v) is 5.78. The molecule has 0 saturated carbocycles. The predicted octanol–water partition coefficient (Wildman–Crippen LogP) is 2.32. The number of hydrogen-bond donors (Lipinski definition) is 1. The van der Waals surface area contributed by atoms with E-state index in [9.17, 15) is 9.59 Å². The Balaban J connectivity index is 2.75. The van der Waals surface area contributed by atoms with Crippen molar-refractivity contribution in [1.82, 2.24) is 4.98 Å². The zero-order chi connectivity index (χ0) is 13.3. The van der Waals surface area contributed by atoms with Gasteiger partial charge >= 0.3 is 0 Å². The summed E-state index contributed by atoms with van der Waals surface area (Å²) in [6.45, 7) is 1.44. The molecule has 1 aromatic carbocycles. The average Bonchev–Trinajstić information content (AvgIpc) is 2.31. The number of pyridine rings is 1. The van der Waals surface area contributed by atoms with Crippen LogP contribution in [0.4, 0.5) is 0 Å². The Hall–Kier alpha value is -1.81.